The lowest BCUT2D eigenvalue weighted by Crippen LogP contribution is -2.16. The van der Waals surface area contributed by atoms with Crippen LogP contribution in [0.4, 0.5) is 4.39 Å². The predicted molar refractivity (Wildman–Crippen MR) is 44.8 cm³/mol. The van der Waals surface area contributed by atoms with Gasteiger partial charge in [-0.3, -0.25) is 0 Å². The Morgan fingerprint density at radius 2 is 1.92 bits per heavy atom. The average Bonchev–Trinajstić information content (AvgIpc) is 2.20. The van der Waals surface area contributed by atoms with Gasteiger partial charge in [0.25, 0.3) is 5.90 Å². The first-order valence-electron chi connectivity index (χ1n) is 3.95. The normalized spacial score (nSPS) is 15.6. The van der Waals surface area contributed by atoms with Crippen LogP contribution in [-0.2, 0) is 9.57 Å². The molecular weight excluding hydrogens is 173 g/mol. The second-order valence-electron chi connectivity index (χ2n) is 2.59. The van der Waals surface area contributed by atoms with Crippen molar-refractivity contribution < 1.29 is 14.0 Å². The van der Waals surface area contributed by atoms with Crippen molar-refractivity contribution in [3.8, 4) is 0 Å². The van der Waals surface area contributed by atoms with Crippen LogP contribution in [0, 0.1) is 5.82 Å². The molecule has 0 spiro atoms. The third kappa shape index (κ3) is 1.77. The molecule has 0 N–H and O–H groups in total. The molecule has 0 atom stereocenters. The Morgan fingerprint density at radius 3 is 2.54 bits per heavy atom. The summed E-state index contributed by atoms with van der Waals surface area (Å²) in [5.74, 6) is 0.132. The molecule has 2 rings (SSSR count). The zero-order valence-electron chi connectivity index (χ0n) is 6.87. The van der Waals surface area contributed by atoms with Crippen molar-refractivity contribution in [2.24, 2.45) is 5.16 Å². The lowest BCUT2D eigenvalue weighted by molar-refractivity contribution is 0.0655. The predicted octanol–water partition coefficient (Wildman–Crippen LogP) is 1.53. The van der Waals surface area contributed by atoms with Crippen molar-refractivity contribution in [3.05, 3.63) is 35.6 Å². The number of hydrogen-bond acceptors (Lipinski definition) is 3. The van der Waals surface area contributed by atoms with Gasteiger partial charge in [0, 0.05) is 5.56 Å². The fourth-order valence-corrected chi connectivity index (χ4v) is 1.03. The van der Waals surface area contributed by atoms with Crippen molar-refractivity contribution in [3.63, 3.8) is 0 Å². The Hall–Kier alpha value is -1.58. The molecule has 68 valence electrons. The fourth-order valence-electron chi connectivity index (χ4n) is 1.03. The molecule has 0 saturated heterocycles. The van der Waals surface area contributed by atoms with E-state index in [9.17, 15) is 4.39 Å². The molecule has 0 bridgehead atoms. The molecular formula is C9H8FNO2. The molecule has 0 radical (unpaired) electrons. The molecule has 1 aliphatic rings. The Bertz CT molecular complexity index is 321. The highest BCUT2D eigenvalue weighted by Gasteiger charge is 2.09. The third-order valence-electron chi connectivity index (χ3n) is 1.65. The van der Waals surface area contributed by atoms with E-state index in [1.165, 1.54) is 12.1 Å². The van der Waals surface area contributed by atoms with Gasteiger partial charge < -0.3 is 9.57 Å². The summed E-state index contributed by atoms with van der Waals surface area (Å²) >= 11 is 0. The van der Waals surface area contributed by atoms with Gasteiger partial charge in [-0.25, -0.2) is 4.39 Å². The van der Waals surface area contributed by atoms with Crippen LogP contribution in [-0.4, -0.2) is 19.1 Å². The maximum absolute atomic E-state index is 12.5. The van der Waals surface area contributed by atoms with E-state index in [0.717, 1.165) is 5.56 Å². The molecule has 0 saturated carbocycles. The van der Waals surface area contributed by atoms with Crippen LogP contribution in [0.2, 0.25) is 0 Å². The molecule has 1 aromatic carbocycles. The van der Waals surface area contributed by atoms with Crippen LogP contribution in [0.5, 0.6) is 0 Å². The maximum Gasteiger partial charge on any atom is 0.257 e. The summed E-state index contributed by atoms with van der Waals surface area (Å²) in [6.45, 7) is 0.945. The third-order valence-corrected chi connectivity index (χ3v) is 1.65. The van der Waals surface area contributed by atoms with Gasteiger partial charge >= 0.3 is 0 Å². The molecule has 1 heterocycles. The second kappa shape index (κ2) is 3.43. The van der Waals surface area contributed by atoms with Gasteiger partial charge in [-0.05, 0) is 29.4 Å². The van der Waals surface area contributed by atoms with Crippen molar-refractivity contribution in [2.75, 3.05) is 13.2 Å². The standard InChI is InChI=1S/C9H8FNO2/c10-8-3-1-7(2-4-8)9-11-13-6-5-12-9/h1-4H,5-6H2. The van der Waals surface area contributed by atoms with Crippen LogP contribution < -0.4 is 0 Å². The van der Waals surface area contributed by atoms with Gasteiger partial charge in [0.2, 0.25) is 0 Å². The summed E-state index contributed by atoms with van der Waals surface area (Å²) in [6, 6.07) is 5.91. The van der Waals surface area contributed by atoms with Crippen molar-refractivity contribution in [1.82, 2.24) is 0 Å². The smallest absolute Gasteiger partial charge is 0.257 e. The van der Waals surface area contributed by atoms with Crippen molar-refractivity contribution in [1.29, 1.82) is 0 Å². The van der Waals surface area contributed by atoms with Gasteiger partial charge in [-0.15, -0.1) is 0 Å². The summed E-state index contributed by atoms with van der Waals surface area (Å²) in [4.78, 5) is 4.84. The Morgan fingerprint density at radius 1 is 1.15 bits per heavy atom. The number of benzene rings is 1. The van der Waals surface area contributed by atoms with Gasteiger partial charge in [0.05, 0.1) is 0 Å². The zero-order valence-corrected chi connectivity index (χ0v) is 6.87. The lowest BCUT2D eigenvalue weighted by Gasteiger charge is -2.12. The van der Waals surface area contributed by atoms with E-state index in [1.54, 1.807) is 12.1 Å². The molecule has 0 fully saturated rings. The summed E-state index contributed by atoms with van der Waals surface area (Å²) in [7, 11) is 0. The highest BCUT2D eigenvalue weighted by Crippen LogP contribution is 2.07. The van der Waals surface area contributed by atoms with Crippen LogP contribution in [0.1, 0.15) is 5.56 Å². The minimum absolute atomic E-state index is 0.277. The minimum atomic E-state index is -0.277. The Labute approximate surface area is 74.8 Å². The quantitative estimate of drug-likeness (QED) is 0.657. The first-order chi connectivity index (χ1) is 6.36. The summed E-state index contributed by atoms with van der Waals surface area (Å²) in [5.41, 5.74) is 0.723. The van der Waals surface area contributed by atoms with E-state index in [-0.39, 0.29) is 5.82 Å². The summed E-state index contributed by atoms with van der Waals surface area (Å²) in [6.07, 6.45) is 0. The summed E-state index contributed by atoms with van der Waals surface area (Å²) in [5, 5.41) is 3.70. The number of nitrogens with zero attached hydrogens (tertiary/aromatic N) is 1. The van der Waals surface area contributed by atoms with E-state index in [4.69, 9.17) is 9.57 Å². The molecule has 1 aromatic rings. The van der Waals surface area contributed by atoms with E-state index >= 15 is 0 Å². The highest BCUT2D eigenvalue weighted by molar-refractivity contribution is 5.93. The molecule has 0 amide bonds. The molecule has 1 aliphatic heterocycles. The fraction of sp³-hybridized carbons (Fsp3) is 0.222. The van der Waals surface area contributed by atoms with Gasteiger partial charge in [0.1, 0.15) is 12.4 Å². The number of ether oxygens (including phenoxy) is 1. The van der Waals surface area contributed by atoms with E-state index in [0.29, 0.717) is 19.1 Å². The molecule has 0 aromatic heterocycles. The van der Waals surface area contributed by atoms with Crippen LogP contribution in [0.15, 0.2) is 29.4 Å². The van der Waals surface area contributed by atoms with Crippen molar-refractivity contribution >= 4 is 5.90 Å². The molecule has 13 heavy (non-hydrogen) atoms. The summed E-state index contributed by atoms with van der Waals surface area (Å²) < 4.78 is 17.7. The number of halogens is 1. The first kappa shape index (κ1) is 8.04. The SMILES string of the molecule is Fc1ccc(C2=NOCCO2)cc1. The monoisotopic (exact) mass is 181 g/mol. The Balaban J connectivity index is 2.24. The Kier molecular flexibility index (Phi) is 2.12. The first-order valence-corrected chi connectivity index (χ1v) is 3.95. The average molecular weight is 181 g/mol. The molecule has 0 aliphatic carbocycles. The van der Waals surface area contributed by atoms with Gasteiger partial charge in [0.15, 0.2) is 6.61 Å². The lowest BCUT2D eigenvalue weighted by atomic mass is 10.2. The van der Waals surface area contributed by atoms with E-state index < -0.39 is 0 Å². The topological polar surface area (TPSA) is 30.8 Å². The molecule has 3 nitrogen and oxygen atoms in total. The second-order valence-corrected chi connectivity index (χ2v) is 2.59. The van der Waals surface area contributed by atoms with Crippen LogP contribution in [0.25, 0.3) is 0 Å². The zero-order chi connectivity index (χ0) is 9.10. The van der Waals surface area contributed by atoms with Gasteiger partial charge in [-0.1, -0.05) is 0 Å². The largest absolute Gasteiger partial charge is 0.471 e. The van der Waals surface area contributed by atoms with Crippen LogP contribution >= 0.6 is 0 Å². The van der Waals surface area contributed by atoms with Crippen LogP contribution in [0.3, 0.4) is 0 Å². The van der Waals surface area contributed by atoms with E-state index in [1.807, 2.05) is 0 Å². The highest BCUT2D eigenvalue weighted by atomic mass is 19.1. The number of hydrogen-bond donors (Lipinski definition) is 0. The molecule has 4 heteroatoms. The maximum atomic E-state index is 12.5. The number of oxime groups is 1. The van der Waals surface area contributed by atoms with Crippen molar-refractivity contribution in [2.45, 2.75) is 0 Å². The number of rotatable bonds is 1. The van der Waals surface area contributed by atoms with Gasteiger partial charge in [-0.2, -0.15) is 0 Å². The molecule has 0 unspecified atom stereocenters. The van der Waals surface area contributed by atoms with E-state index in [2.05, 4.69) is 5.16 Å². The minimum Gasteiger partial charge on any atom is -0.471 e.